The summed E-state index contributed by atoms with van der Waals surface area (Å²) >= 11 is 0. The summed E-state index contributed by atoms with van der Waals surface area (Å²) in [6, 6.07) is 1.23. The van der Waals surface area contributed by atoms with Gasteiger partial charge in [-0.25, -0.2) is 4.79 Å². The minimum absolute atomic E-state index is 0.0327. The Balaban J connectivity index is 3.00. The summed E-state index contributed by atoms with van der Waals surface area (Å²) in [6.07, 6.45) is -1.47. The first kappa shape index (κ1) is 23.4. The second-order valence-electron chi connectivity index (χ2n) is 6.21. The van der Waals surface area contributed by atoms with Crippen molar-refractivity contribution in [2.75, 3.05) is 0 Å². The first-order valence-corrected chi connectivity index (χ1v) is 8.36. The molecule has 0 bridgehead atoms. The molecule has 0 radical (unpaired) electrons. The number of hydrogen-bond donors (Lipinski definition) is 7. The number of carboxylic acid groups (broad SMARTS) is 2. The number of carboxylic acids is 2. The highest BCUT2D eigenvalue weighted by molar-refractivity contribution is 5.94. The van der Waals surface area contributed by atoms with Gasteiger partial charge >= 0.3 is 11.9 Å². The molecule has 0 saturated carbocycles. The number of rotatable bonds is 11. The van der Waals surface area contributed by atoms with Crippen LogP contribution in [0.5, 0.6) is 5.75 Å². The van der Waals surface area contributed by atoms with Gasteiger partial charge in [0.15, 0.2) is 0 Å². The topological polar surface area (TPSA) is 222 Å². The molecular formula is C17H22N4O8. The smallest absolute Gasteiger partial charge is 0.326 e. The van der Waals surface area contributed by atoms with Crippen molar-refractivity contribution < 1.29 is 39.3 Å². The lowest BCUT2D eigenvalue weighted by Crippen LogP contribution is -2.55. The number of phenolic OH excluding ortho intramolecular Hbond substituents is 1. The van der Waals surface area contributed by atoms with Gasteiger partial charge in [-0.1, -0.05) is 12.1 Å². The van der Waals surface area contributed by atoms with Crippen LogP contribution in [0.1, 0.15) is 18.4 Å². The number of aliphatic carboxylic acids is 2. The van der Waals surface area contributed by atoms with E-state index >= 15 is 0 Å². The van der Waals surface area contributed by atoms with E-state index in [1.807, 2.05) is 0 Å². The Bertz CT molecular complexity index is 780. The Hall–Kier alpha value is -3.67. The van der Waals surface area contributed by atoms with Crippen LogP contribution in [0.4, 0.5) is 0 Å². The van der Waals surface area contributed by atoms with E-state index in [4.69, 9.17) is 21.7 Å². The summed E-state index contributed by atoms with van der Waals surface area (Å²) in [5, 5.41) is 31.6. The van der Waals surface area contributed by atoms with Gasteiger partial charge in [-0.05, 0) is 17.7 Å². The fourth-order valence-electron chi connectivity index (χ4n) is 2.31. The number of nitrogens with two attached hydrogens (primary N) is 2. The lowest BCUT2D eigenvalue weighted by atomic mass is 10.0. The van der Waals surface area contributed by atoms with Gasteiger partial charge in [-0.3, -0.25) is 19.2 Å². The largest absolute Gasteiger partial charge is 0.508 e. The summed E-state index contributed by atoms with van der Waals surface area (Å²) < 4.78 is 0. The predicted octanol–water partition coefficient (Wildman–Crippen LogP) is -2.33. The molecule has 0 aliphatic heterocycles. The molecule has 0 heterocycles. The van der Waals surface area contributed by atoms with E-state index in [0.717, 1.165) is 0 Å². The van der Waals surface area contributed by atoms with Gasteiger partial charge in [0.1, 0.15) is 17.8 Å². The molecule has 0 aliphatic rings. The van der Waals surface area contributed by atoms with Crippen molar-refractivity contribution >= 4 is 29.7 Å². The maximum atomic E-state index is 12.5. The average molecular weight is 410 g/mol. The molecule has 0 saturated heterocycles. The van der Waals surface area contributed by atoms with Crippen LogP contribution in [0.3, 0.4) is 0 Å². The number of nitrogens with one attached hydrogen (secondary N) is 2. The molecule has 0 aliphatic carbocycles. The first-order chi connectivity index (χ1) is 13.5. The number of amides is 3. The van der Waals surface area contributed by atoms with E-state index in [1.165, 1.54) is 24.3 Å². The fraction of sp³-hybridized carbons (Fsp3) is 0.353. The molecular weight excluding hydrogens is 388 g/mol. The van der Waals surface area contributed by atoms with Crippen molar-refractivity contribution in [1.29, 1.82) is 0 Å². The van der Waals surface area contributed by atoms with Gasteiger partial charge in [0.05, 0.1) is 18.9 Å². The van der Waals surface area contributed by atoms with Gasteiger partial charge in [-0.2, -0.15) is 0 Å². The Morgan fingerprint density at radius 3 is 1.93 bits per heavy atom. The molecule has 9 N–H and O–H groups in total. The molecule has 158 valence electrons. The highest BCUT2D eigenvalue weighted by atomic mass is 16.4. The highest BCUT2D eigenvalue weighted by Crippen LogP contribution is 2.12. The van der Waals surface area contributed by atoms with Gasteiger partial charge < -0.3 is 37.4 Å². The third-order valence-corrected chi connectivity index (χ3v) is 3.76. The van der Waals surface area contributed by atoms with Crippen LogP contribution < -0.4 is 22.1 Å². The molecule has 1 aromatic rings. The second-order valence-corrected chi connectivity index (χ2v) is 6.21. The number of carbonyl (C=O) groups is 5. The molecule has 3 unspecified atom stereocenters. The van der Waals surface area contributed by atoms with E-state index in [2.05, 4.69) is 10.6 Å². The third kappa shape index (κ3) is 8.26. The Labute approximate surface area is 164 Å². The number of aromatic hydroxyl groups is 1. The zero-order chi connectivity index (χ0) is 22.1. The first-order valence-electron chi connectivity index (χ1n) is 8.36. The normalized spacial score (nSPS) is 13.6. The van der Waals surface area contributed by atoms with Crippen molar-refractivity contribution in [2.24, 2.45) is 11.5 Å². The van der Waals surface area contributed by atoms with E-state index in [-0.39, 0.29) is 12.2 Å². The Morgan fingerprint density at radius 1 is 0.897 bits per heavy atom. The molecule has 1 rings (SSSR count). The molecule has 12 nitrogen and oxygen atoms in total. The zero-order valence-electron chi connectivity index (χ0n) is 15.2. The number of hydrogen-bond acceptors (Lipinski definition) is 7. The van der Waals surface area contributed by atoms with Gasteiger partial charge in [-0.15, -0.1) is 0 Å². The molecule has 29 heavy (non-hydrogen) atoms. The lowest BCUT2D eigenvalue weighted by molar-refractivity contribution is -0.144. The van der Waals surface area contributed by atoms with Crippen LogP contribution in [-0.4, -0.2) is 63.1 Å². The van der Waals surface area contributed by atoms with Crippen LogP contribution in [0.25, 0.3) is 0 Å². The summed E-state index contributed by atoms with van der Waals surface area (Å²) in [5.41, 5.74) is 10.9. The second kappa shape index (κ2) is 10.6. The molecule has 0 fully saturated rings. The van der Waals surface area contributed by atoms with Crippen LogP contribution in [0, 0.1) is 0 Å². The minimum atomic E-state index is -1.62. The van der Waals surface area contributed by atoms with Gasteiger partial charge in [0.2, 0.25) is 17.7 Å². The third-order valence-electron chi connectivity index (χ3n) is 3.76. The van der Waals surface area contributed by atoms with Crippen molar-refractivity contribution in [2.45, 2.75) is 37.4 Å². The molecule has 3 amide bonds. The Morgan fingerprint density at radius 2 is 1.45 bits per heavy atom. The van der Waals surface area contributed by atoms with Gasteiger partial charge in [0.25, 0.3) is 0 Å². The van der Waals surface area contributed by atoms with E-state index in [1.54, 1.807) is 0 Å². The molecule has 3 atom stereocenters. The van der Waals surface area contributed by atoms with Crippen LogP contribution in [0.2, 0.25) is 0 Å². The number of primary amides is 1. The number of carbonyl (C=O) groups excluding carboxylic acids is 3. The molecule has 0 spiro atoms. The van der Waals surface area contributed by atoms with Crippen molar-refractivity contribution in [3.8, 4) is 5.75 Å². The number of phenols is 1. The van der Waals surface area contributed by atoms with E-state index in [0.29, 0.717) is 5.56 Å². The van der Waals surface area contributed by atoms with Crippen molar-refractivity contribution in [3.63, 3.8) is 0 Å². The summed E-state index contributed by atoms with van der Waals surface area (Å²) in [4.78, 5) is 57.6. The quantitative estimate of drug-likeness (QED) is 0.207. The number of benzene rings is 1. The monoisotopic (exact) mass is 410 g/mol. The van der Waals surface area contributed by atoms with Gasteiger partial charge in [0, 0.05) is 6.42 Å². The summed E-state index contributed by atoms with van der Waals surface area (Å²) in [6.45, 7) is 0. The van der Waals surface area contributed by atoms with Crippen molar-refractivity contribution in [3.05, 3.63) is 29.8 Å². The fourth-order valence-corrected chi connectivity index (χ4v) is 2.31. The minimum Gasteiger partial charge on any atom is -0.508 e. The van der Waals surface area contributed by atoms with Crippen LogP contribution in [-0.2, 0) is 30.4 Å². The SMILES string of the molecule is NC(=O)CC(NC(=O)C(Cc1ccc(O)cc1)NC(=O)C(N)CC(=O)O)C(=O)O. The Kier molecular flexibility index (Phi) is 8.55. The maximum Gasteiger partial charge on any atom is 0.326 e. The van der Waals surface area contributed by atoms with Crippen LogP contribution in [0.15, 0.2) is 24.3 Å². The van der Waals surface area contributed by atoms with E-state index < -0.39 is 60.6 Å². The van der Waals surface area contributed by atoms with Crippen molar-refractivity contribution in [1.82, 2.24) is 10.6 Å². The van der Waals surface area contributed by atoms with Crippen LogP contribution >= 0.6 is 0 Å². The summed E-state index contributed by atoms with van der Waals surface area (Å²) in [7, 11) is 0. The highest BCUT2D eigenvalue weighted by Gasteiger charge is 2.29. The lowest BCUT2D eigenvalue weighted by Gasteiger charge is -2.22. The average Bonchev–Trinajstić information content (AvgIpc) is 2.61. The standard InChI is InChI=1S/C17H22N4O8/c18-10(6-14(24)25)15(26)20-11(5-8-1-3-9(22)4-2-8)16(27)21-12(17(28)29)7-13(19)23/h1-4,10-12,22H,5-7,18H2,(H2,19,23)(H,20,26)(H,21,27)(H,24,25)(H,28,29). The predicted molar refractivity (Wildman–Crippen MR) is 97.3 cm³/mol. The molecule has 12 heteroatoms. The molecule has 0 aromatic heterocycles. The summed E-state index contributed by atoms with van der Waals surface area (Å²) in [5.74, 6) is -5.69. The zero-order valence-corrected chi connectivity index (χ0v) is 15.2. The maximum absolute atomic E-state index is 12.5. The van der Waals surface area contributed by atoms with E-state index in [9.17, 15) is 29.1 Å². The molecule has 1 aromatic carbocycles.